The van der Waals surface area contributed by atoms with E-state index >= 15 is 0 Å². The first-order valence-electron chi connectivity index (χ1n) is 4.36. The molecule has 1 rings (SSSR count). The van der Waals surface area contributed by atoms with Crippen LogP contribution >= 0.6 is 0 Å². The van der Waals surface area contributed by atoms with Crippen LogP contribution in [0.5, 0.6) is 0 Å². The molecule has 0 amide bonds. The Morgan fingerprint density at radius 3 is 2.38 bits per heavy atom. The molecular formula is C8H10F5N3. The lowest BCUT2D eigenvalue weighted by atomic mass is 10.0. The fourth-order valence-electron chi connectivity index (χ4n) is 1.36. The average molecular weight is 243 g/mol. The predicted molar refractivity (Wildman–Crippen MR) is 46.0 cm³/mol. The molecule has 0 saturated heterocycles. The number of alkyl halides is 5. The molecule has 0 aliphatic carbocycles. The van der Waals surface area contributed by atoms with Crippen LogP contribution in [0.2, 0.25) is 0 Å². The lowest BCUT2D eigenvalue weighted by Crippen LogP contribution is -2.22. The predicted octanol–water partition coefficient (Wildman–Crippen LogP) is 1.75. The van der Waals surface area contributed by atoms with Crippen molar-refractivity contribution in [2.45, 2.75) is 18.5 Å². The number of nitrogens with zero attached hydrogens (tertiary/aromatic N) is 2. The van der Waals surface area contributed by atoms with Crippen molar-refractivity contribution < 1.29 is 22.0 Å². The number of aromatic nitrogens is 2. The molecule has 2 N–H and O–H groups in total. The van der Waals surface area contributed by atoms with Crippen molar-refractivity contribution in [1.82, 2.24) is 9.78 Å². The maximum Gasteiger partial charge on any atom is 0.435 e. The zero-order chi connectivity index (χ0) is 12.5. The summed E-state index contributed by atoms with van der Waals surface area (Å²) >= 11 is 0. The molecule has 0 aliphatic rings. The third-order valence-corrected chi connectivity index (χ3v) is 2.08. The van der Waals surface area contributed by atoms with E-state index in [4.69, 9.17) is 5.73 Å². The number of hydrogen-bond donors (Lipinski definition) is 1. The molecule has 0 aromatic carbocycles. The highest BCUT2D eigenvalue weighted by atomic mass is 19.4. The summed E-state index contributed by atoms with van der Waals surface area (Å²) in [6.07, 6.45) is -6.78. The fourth-order valence-corrected chi connectivity index (χ4v) is 1.36. The number of aryl methyl sites for hydroxylation is 1. The van der Waals surface area contributed by atoms with Crippen LogP contribution in [0.3, 0.4) is 0 Å². The first kappa shape index (κ1) is 12.9. The van der Waals surface area contributed by atoms with Crippen molar-refractivity contribution in [3.63, 3.8) is 0 Å². The summed E-state index contributed by atoms with van der Waals surface area (Å²) < 4.78 is 63.2. The summed E-state index contributed by atoms with van der Waals surface area (Å²) in [6.45, 7) is -0.563. The molecular weight excluding hydrogens is 233 g/mol. The van der Waals surface area contributed by atoms with E-state index in [1.807, 2.05) is 0 Å². The monoisotopic (exact) mass is 243 g/mol. The van der Waals surface area contributed by atoms with Crippen LogP contribution in [0.1, 0.15) is 17.2 Å². The van der Waals surface area contributed by atoms with Gasteiger partial charge in [-0.05, 0) is 0 Å². The van der Waals surface area contributed by atoms with Gasteiger partial charge in [0.2, 0.25) is 6.43 Å². The largest absolute Gasteiger partial charge is 0.435 e. The van der Waals surface area contributed by atoms with E-state index < -0.39 is 36.3 Å². The van der Waals surface area contributed by atoms with Gasteiger partial charge in [0, 0.05) is 25.4 Å². The van der Waals surface area contributed by atoms with E-state index in [0.717, 1.165) is 10.9 Å². The summed E-state index contributed by atoms with van der Waals surface area (Å²) in [5.41, 5.74) is 3.18. The Kier molecular flexibility index (Phi) is 3.51. The summed E-state index contributed by atoms with van der Waals surface area (Å²) in [5, 5.41) is 3.14. The molecule has 0 bridgehead atoms. The van der Waals surface area contributed by atoms with E-state index in [9.17, 15) is 22.0 Å². The highest BCUT2D eigenvalue weighted by Gasteiger charge is 2.40. The lowest BCUT2D eigenvalue weighted by Gasteiger charge is -2.14. The van der Waals surface area contributed by atoms with Gasteiger partial charge in [-0.3, -0.25) is 4.68 Å². The minimum absolute atomic E-state index is 0.562. The molecule has 0 spiro atoms. The Hall–Kier alpha value is -1.18. The molecule has 1 aromatic rings. The van der Waals surface area contributed by atoms with Crippen molar-refractivity contribution in [3.05, 3.63) is 17.5 Å². The molecule has 0 aliphatic heterocycles. The van der Waals surface area contributed by atoms with E-state index in [2.05, 4.69) is 5.10 Å². The molecule has 3 nitrogen and oxygen atoms in total. The third-order valence-electron chi connectivity index (χ3n) is 2.08. The van der Waals surface area contributed by atoms with Crippen molar-refractivity contribution >= 4 is 0 Å². The molecule has 0 saturated carbocycles. The van der Waals surface area contributed by atoms with Crippen LogP contribution in [0.4, 0.5) is 22.0 Å². The lowest BCUT2D eigenvalue weighted by molar-refractivity contribution is -0.142. The molecule has 0 fully saturated rings. The molecule has 16 heavy (non-hydrogen) atoms. The second kappa shape index (κ2) is 4.36. The minimum Gasteiger partial charge on any atom is -0.330 e. The van der Waals surface area contributed by atoms with Crippen molar-refractivity contribution in [3.8, 4) is 0 Å². The molecule has 1 atom stereocenters. The standard InChI is InChI=1S/C8H10F5N3/c1-16-3-5(4(2-14)7(9)10)6(15-16)8(11,12)13/h3-4,7H,2,14H2,1H3. The number of nitrogens with two attached hydrogens (primary N) is 1. The quantitative estimate of drug-likeness (QED) is 0.822. The molecule has 1 aromatic heterocycles. The summed E-state index contributed by atoms with van der Waals surface area (Å²) in [7, 11) is 1.23. The molecule has 0 radical (unpaired) electrons. The Morgan fingerprint density at radius 2 is 2.00 bits per heavy atom. The fraction of sp³-hybridized carbons (Fsp3) is 0.625. The summed E-state index contributed by atoms with van der Waals surface area (Å²) in [5.74, 6) is -1.65. The van der Waals surface area contributed by atoms with Gasteiger partial charge in [-0.25, -0.2) is 8.78 Å². The normalized spacial score (nSPS) is 14.5. The van der Waals surface area contributed by atoms with Crippen LogP contribution in [-0.2, 0) is 13.2 Å². The smallest absolute Gasteiger partial charge is 0.330 e. The molecule has 92 valence electrons. The highest BCUT2D eigenvalue weighted by Crippen LogP contribution is 2.35. The van der Waals surface area contributed by atoms with Gasteiger partial charge in [-0.15, -0.1) is 0 Å². The Balaban J connectivity index is 3.21. The first-order chi connectivity index (χ1) is 7.27. The van der Waals surface area contributed by atoms with Crippen molar-refractivity contribution in [2.24, 2.45) is 12.8 Å². The number of hydrogen-bond acceptors (Lipinski definition) is 2. The Morgan fingerprint density at radius 1 is 1.44 bits per heavy atom. The molecule has 1 unspecified atom stereocenters. The van der Waals surface area contributed by atoms with Gasteiger partial charge < -0.3 is 5.73 Å². The highest BCUT2D eigenvalue weighted by molar-refractivity contribution is 5.25. The van der Waals surface area contributed by atoms with Crippen LogP contribution < -0.4 is 5.73 Å². The third kappa shape index (κ3) is 2.49. The summed E-state index contributed by atoms with van der Waals surface area (Å²) in [6, 6.07) is 0. The second-order valence-electron chi connectivity index (χ2n) is 3.28. The van der Waals surface area contributed by atoms with E-state index in [1.165, 1.54) is 7.05 Å². The number of rotatable bonds is 3. The van der Waals surface area contributed by atoms with Crippen LogP contribution in [0.15, 0.2) is 6.20 Å². The second-order valence-corrected chi connectivity index (χ2v) is 3.28. The van der Waals surface area contributed by atoms with Crippen LogP contribution in [-0.4, -0.2) is 22.8 Å². The van der Waals surface area contributed by atoms with Crippen molar-refractivity contribution in [2.75, 3.05) is 6.54 Å². The van der Waals surface area contributed by atoms with E-state index in [0.29, 0.717) is 0 Å². The minimum atomic E-state index is -4.75. The maximum atomic E-state index is 12.5. The Labute approximate surface area is 88.0 Å². The van der Waals surface area contributed by atoms with Gasteiger partial charge in [-0.1, -0.05) is 0 Å². The van der Waals surface area contributed by atoms with Gasteiger partial charge in [0.15, 0.2) is 5.69 Å². The van der Waals surface area contributed by atoms with Gasteiger partial charge in [0.05, 0.1) is 5.92 Å². The van der Waals surface area contributed by atoms with E-state index in [1.54, 1.807) is 0 Å². The van der Waals surface area contributed by atoms with Crippen LogP contribution in [0.25, 0.3) is 0 Å². The first-order valence-corrected chi connectivity index (χ1v) is 4.36. The average Bonchev–Trinajstić information content (AvgIpc) is 2.47. The number of halogens is 5. The SMILES string of the molecule is Cn1cc(C(CN)C(F)F)c(C(F)(F)F)n1. The van der Waals surface area contributed by atoms with Gasteiger partial charge >= 0.3 is 6.18 Å². The van der Waals surface area contributed by atoms with Crippen LogP contribution in [0, 0.1) is 0 Å². The zero-order valence-electron chi connectivity index (χ0n) is 8.30. The topological polar surface area (TPSA) is 43.8 Å². The van der Waals surface area contributed by atoms with Gasteiger partial charge in [0.1, 0.15) is 0 Å². The molecule has 8 heteroatoms. The maximum absolute atomic E-state index is 12.5. The zero-order valence-corrected chi connectivity index (χ0v) is 8.30. The van der Waals surface area contributed by atoms with E-state index in [-0.39, 0.29) is 0 Å². The van der Waals surface area contributed by atoms with Gasteiger partial charge in [0.25, 0.3) is 0 Å². The van der Waals surface area contributed by atoms with Crippen molar-refractivity contribution in [1.29, 1.82) is 0 Å². The summed E-state index contributed by atoms with van der Waals surface area (Å²) in [4.78, 5) is 0. The molecule has 1 heterocycles. The van der Waals surface area contributed by atoms with Gasteiger partial charge in [-0.2, -0.15) is 18.3 Å². The Bertz CT molecular complexity index is 357.